The quantitative estimate of drug-likeness (QED) is 0.834. The Labute approximate surface area is 115 Å². The summed E-state index contributed by atoms with van der Waals surface area (Å²) in [5.74, 6) is 0. The maximum Gasteiger partial charge on any atom is 0.301 e. The van der Waals surface area contributed by atoms with Crippen LogP contribution >= 0.6 is 0 Å². The van der Waals surface area contributed by atoms with E-state index in [0.717, 1.165) is 31.2 Å². The van der Waals surface area contributed by atoms with Crippen molar-refractivity contribution in [2.45, 2.75) is 32.6 Å². The zero-order valence-electron chi connectivity index (χ0n) is 11.2. The number of rotatable bonds is 3. The highest BCUT2D eigenvalue weighted by atomic mass is 32.2. The van der Waals surface area contributed by atoms with Gasteiger partial charge in [-0.2, -0.15) is 12.7 Å². The Bertz CT molecular complexity index is 535. The highest BCUT2D eigenvalue weighted by Crippen LogP contribution is 2.20. The zero-order valence-corrected chi connectivity index (χ0v) is 12.0. The first-order chi connectivity index (χ1) is 8.99. The second-order valence-corrected chi connectivity index (χ2v) is 6.66. The van der Waals surface area contributed by atoms with Crippen LogP contribution in [-0.2, 0) is 10.2 Å². The monoisotopic (exact) mass is 283 g/mol. The van der Waals surface area contributed by atoms with Crippen molar-refractivity contribution in [2.75, 3.05) is 23.5 Å². The number of nitrogens with one attached hydrogen (secondary N) is 1. The number of anilines is 2. The van der Waals surface area contributed by atoms with Crippen LogP contribution in [0.25, 0.3) is 0 Å². The molecule has 0 saturated carbocycles. The fourth-order valence-corrected chi connectivity index (χ4v) is 3.53. The molecular formula is C13H21N3O2S. The lowest BCUT2D eigenvalue weighted by Crippen LogP contribution is -2.36. The molecule has 1 aromatic carbocycles. The van der Waals surface area contributed by atoms with Crippen LogP contribution in [0.5, 0.6) is 0 Å². The molecule has 0 amide bonds. The average Bonchev–Trinajstić information content (AvgIpc) is 2.63. The van der Waals surface area contributed by atoms with Crippen LogP contribution in [0.4, 0.5) is 11.4 Å². The normalized spacial score (nSPS) is 17.9. The van der Waals surface area contributed by atoms with Gasteiger partial charge in [0.15, 0.2) is 0 Å². The van der Waals surface area contributed by atoms with Gasteiger partial charge < -0.3 is 5.73 Å². The summed E-state index contributed by atoms with van der Waals surface area (Å²) in [6.07, 6.45) is 4.07. The highest BCUT2D eigenvalue weighted by molar-refractivity contribution is 7.90. The van der Waals surface area contributed by atoms with Gasteiger partial charge in [0.05, 0.1) is 5.69 Å². The molecule has 106 valence electrons. The fourth-order valence-electron chi connectivity index (χ4n) is 2.23. The van der Waals surface area contributed by atoms with Crippen LogP contribution in [0, 0.1) is 6.92 Å². The molecule has 0 aromatic heterocycles. The second-order valence-electron chi connectivity index (χ2n) is 4.99. The minimum atomic E-state index is -3.45. The van der Waals surface area contributed by atoms with E-state index in [-0.39, 0.29) is 0 Å². The summed E-state index contributed by atoms with van der Waals surface area (Å²) >= 11 is 0. The van der Waals surface area contributed by atoms with Gasteiger partial charge in [-0.05, 0) is 43.5 Å². The number of hydrogen-bond donors (Lipinski definition) is 2. The van der Waals surface area contributed by atoms with Crippen LogP contribution in [0.2, 0.25) is 0 Å². The summed E-state index contributed by atoms with van der Waals surface area (Å²) in [7, 11) is -3.45. The number of nitrogen functional groups attached to an aromatic ring is 1. The third kappa shape index (κ3) is 3.61. The van der Waals surface area contributed by atoms with Gasteiger partial charge >= 0.3 is 10.2 Å². The fraction of sp³-hybridized carbons (Fsp3) is 0.538. The summed E-state index contributed by atoms with van der Waals surface area (Å²) in [6.45, 7) is 3.06. The molecule has 0 unspecified atom stereocenters. The number of nitrogens with zero attached hydrogens (tertiary/aromatic N) is 1. The number of hydrogen-bond acceptors (Lipinski definition) is 3. The van der Waals surface area contributed by atoms with E-state index >= 15 is 0 Å². The van der Waals surface area contributed by atoms with Crippen molar-refractivity contribution >= 4 is 21.6 Å². The van der Waals surface area contributed by atoms with Crippen molar-refractivity contribution in [1.82, 2.24) is 4.31 Å². The van der Waals surface area contributed by atoms with Crippen molar-refractivity contribution in [3.63, 3.8) is 0 Å². The van der Waals surface area contributed by atoms with E-state index in [0.29, 0.717) is 24.5 Å². The van der Waals surface area contributed by atoms with Crippen molar-refractivity contribution in [1.29, 1.82) is 0 Å². The third-order valence-corrected chi connectivity index (χ3v) is 4.96. The van der Waals surface area contributed by atoms with E-state index in [2.05, 4.69) is 4.72 Å². The summed E-state index contributed by atoms with van der Waals surface area (Å²) < 4.78 is 28.7. The van der Waals surface area contributed by atoms with Gasteiger partial charge in [-0.1, -0.05) is 12.8 Å². The molecule has 1 saturated heterocycles. The van der Waals surface area contributed by atoms with Gasteiger partial charge in [-0.25, -0.2) is 0 Å². The Hall–Kier alpha value is -1.27. The molecule has 2 rings (SSSR count). The molecule has 19 heavy (non-hydrogen) atoms. The Morgan fingerprint density at radius 3 is 2.37 bits per heavy atom. The van der Waals surface area contributed by atoms with E-state index in [9.17, 15) is 8.42 Å². The van der Waals surface area contributed by atoms with Gasteiger partial charge in [0.1, 0.15) is 0 Å². The largest absolute Gasteiger partial charge is 0.399 e. The van der Waals surface area contributed by atoms with Crippen molar-refractivity contribution < 1.29 is 8.42 Å². The van der Waals surface area contributed by atoms with E-state index in [1.165, 1.54) is 4.31 Å². The first kappa shape index (κ1) is 14.1. The first-order valence-electron chi connectivity index (χ1n) is 6.63. The first-order valence-corrected chi connectivity index (χ1v) is 8.07. The maximum atomic E-state index is 12.3. The van der Waals surface area contributed by atoms with Gasteiger partial charge in [0, 0.05) is 18.8 Å². The SMILES string of the molecule is Cc1cc(NS(=O)(=O)N2CCCCCC2)ccc1N. The Balaban J connectivity index is 2.13. The molecule has 5 nitrogen and oxygen atoms in total. The molecule has 1 fully saturated rings. The van der Waals surface area contributed by atoms with E-state index < -0.39 is 10.2 Å². The molecule has 6 heteroatoms. The van der Waals surface area contributed by atoms with Gasteiger partial charge in [0.2, 0.25) is 0 Å². The molecule has 0 aliphatic carbocycles. The molecule has 0 atom stereocenters. The van der Waals surface area contributed by atoms with Crippen molar-refractivity contribution in [2.24, 2.45) is 0 Å². The van der Waals surface area contributed by atoms with E-state index in [4.69, 9.17) is 5.73 Å². The topological polar surface area (TPSA) is 75.4 Å². The lowest BCUT2D eigenvalue weighted by atomic mass is 10.2. The van der Waals surface area contributed by atoms with Crippen LogP contribution < -0.4 is 10.5 Å². The van der Waals surface area contributed by atoms with Gasteiger partial charge in [0.25, 0.3) is 0 Å². The van der Waals surface area contributed by atoms with E-state index in [1.54, 1.807) is 18.2 Å². The van der Waals surface area contributed by atoms with Crippen LogP contribution in [0.15, 0.2) is 18.2 Å². The molecule has 1 aliphatic heterocycles. The number of benzene rings is 1. The second kappa shape index (κ2) is 5.79. The average molecular weight is 283 g/mol. The number of nitrogens with two attached hydrogens (primary N) is 1. The molecule has 1 aliphatic rings. The highest BCUT2D eigenvalue weighted by Gasteiger charge is 2.22. The molecule has 1 aromatic rings. The smallest absolute Gasteiger partial charge is 0.301 e. The van der Waals surface area contributed by atoms with Gasteiger partial charge in [-0.3, -0.25) is 4.72 Å². The van der Waals surface area contributed by atoms with Gasteiger partial charge in [-0.15, -0.1) is 0 Å². The predicted octanol–water partition coefficient (Wildman–Crippen LogP) is 2.11. The van der Waals surface area contributed by atoms with Crippen LogP contribution in [0.3, 0.4) is 0 Å². The molecule has 0 bridgehead atoms. The van der Waals surface area contributed by atoms with E-state index in [1.807, 2.05) is 6.92 Å². The molecule has 3 N–H and O–H groups in total. The summed E-state index contributed by atoms with van der Waals surface area (Å²) in [5.41, 5.74) is 7.83. The minimum absolute atomic E-state index is 0.566. The van der Waals surface area contributed by atoms with Crippen LogP contribution in [-0.4, -0.2) is 25.8 Å². The zero-order chi connectivity index (χ0) is 13.9. The lowest BCUT2D eigenvalue weighted by Gasteiger charge is -2.21. The summed E-state index contributed by atoms with van der Waals surface area (Å²) in [4.78, 5) is 0. The maximum absolute atomic E-state index is 12.3. The molecular weight excluding hydrogens is 262 g/mol. The molecule has 0 spiro atoms. The van der Waals surface area contributed by atoms with Crippen molar-refractivity contribution in [3.8, 4) is 0 Å². The molecule has 1 heterocycles. The Morgan fingerprint density at radius 2 is 1.79 bits per heavy atom. The Kier molecular flexibility index (Phi) is 4.31. The standard InChI is InChI=1S/C13H21N3O2S/c1-11-10-12(6-7-13(11)14)15-19(17,18)16-8-4-2-3-5-9-16/h6-7,10,15H,2-5,8-9,14H2,1H3. The minimum Gasteiger partial charge on any atom is -0.399 e. The summed E-state index contributed by atoms with van der Waals surface area (Å²) in [6, 6.07) is 5.16. The predicted molar refractivity (Wildman–Crippen MR) is 78.2 cm³/mol. The van der Waals surface area contributed by atoms with Crippen molar-refractivity contribution in [3.05, 3.63) is 23.8 Å². The Morgan fingerprint density at radius 1 is 1.16 bits per heavy atom. The lowest BCUT2D eigenvalue weighted by molar-refractivity contribution is 0.427. The summed E-state index contributed by atoms with van der Waals surface area (Å²) in [5, 5.41) is 0. The van der Waals surface area contributed by atoms with Crippen LogP contribution in [0.1, 0.15) is 31.2 Å². The molecule has 0 radical (unpaired) electrons. The number of aryl methyl sites for hydroxylation is 1. The third-order valence-electron chi connectivity index (χ3n) is 3.42.